The molecule has 6 atom stereocenters. The Kier molecular flexibility index (Phi) is 8.84. The second-order valence-corrected chi connectivity index (χ2v) is 18.3. The van der Waals surface area contributed by atoms with Crippen LogP contribution in [0.25, 0.3) is 0 Å². The van der Waals surface area contributed by atoms with Crippen molar-refractivity contribution in [3.8, 4) is 5.75 Å². The summed E-state index contributed by atoms with van der Waals surface area (Å²) >= 11 is 6.45. The number of nitrogens with one attached hydrogen (secondary N) is 1. The number of anilines is 1. The van der Waals surface area contributed by atoms with Crippen molar-refractivity contribution in [2.75, 3.05) is 31.2 Å². The highest BCUT2D eigenvalue weighted by atomic mass is 35.5. The minimum atomic E-state index is -4.00. The van der Waals surface area contributed by atoms with Crippen LogP contribution >= 0.6 is 11.6 Å². The summed E-state index contributed by atoms with van der Waals surface area (Å²) in [6, 6.07) is 11.4. The third kappa shape index (κ3) is 6.61. The molecule has 1 fully saturated rings. The zero-order chi connectivity index (χ0) is 34.8. The number of ether oxygens (including phenoxy) is 2. The van der Waals surface area contributed by atoms with Gasteiger partial charge in [-0.2, -0.15) is 0 Å². The second-order valence-electron chi connectivity index (χ2n) is 15.8. The number of halogens is 1. The maximum absolute atomic E-state index is 13.5. The number of carbonyl (C=O) groups is 1. The van der Waals surface area contributed by atoms with Gasteiger partial charge in [0, 0.05) is 29.1 Å². The molecule has 1 spiro atoms. The number of aliphatic imine (C=N–C) groups is 1. The van der Waals surface area contributed by atoms with Gasteiger partial charge in [-0.15, -0.1) is 0 Å². The quantitative estimate of drug-likeness (QED) is 0.356. The van der Waals surface area contributed by atoms with E-state index in [0.29, 0.717) is 44.4 Å². The number of aliphatic hydroxyl groups is 1. The standard InChI is InChI=1S/C38H48ClN3O6S/c1-24-7-5-16-38(44,19-34-40-36(3,4)22-48-34)31-12-9-28(31)20-42-21-37(15-6-8-26-17-29(39)11-13-30(26)37)23-47-33-14-10-27(18-32(33)42)35(43)41-49(45,46)25(24)2/h5,10-11,13-14,16-18,24-25,28,31,44H,6-9,12,15,19-23H2,1-4H3,(H,41,43)/b16-5+/t24-,25+,28-,31+,37-,38-/m0/s1. The highest BCUT2D eigenvalue weighted by Crippen LogP contribution is 2.49. The van der Waals surface area contributed by atoms with Gasteiger partial charge in [0.1, 0.15) is 12.4 Å². The van der Waals surface area contributed by atoms with E-state index in [1.165, 1.54) is 11.1 Å². The molecule has 9 nitrogen and oxygen atoms in total. The number of nitrogens with zero attached hydrogens (tertiary/aromatic N) is 2. The number of rotatable bonds is 2. The summed E-state index contributed by atoms with van der Waals surface area (Å²) in [6.45, 7) is 9.73. The third-order valence-electron chi connectivity index (χ3n) is 11.7. The van der Waals surface area contributed by atoms with Gasteiger partial charge in [-0.1, -0.05) is 36.7 Å². The molecule has 5 aliphatic rings. The minimum Gasteiger partial charge on any atom is -0.490 e. The van der Waals surface area contributed by atoms with Crippen molar-refractivity contribution in [2.24, 2.45) is 22.7 Å². The van der Waals surface area contributed by atoms with Crippen LogP contribution in [0, 0.1) is 17.8 Å². The lowest BCUT2D eigenvalue weighted by Crippen LogP contribution is -2.53. The Morgan fingerprint density at radius 2 is 1.92 bits per heavy atom. The van der Waals surface area contributed by atoms with E-state index in [4.69, 9.17) is 26.1 Å². The topological polar surface area (TPSA) is 118 Å². The number of aryl methyl sites for hydroxylation is 1. The molecule has 0 saturated heterocycles. The molecule has 264 valence electrons. The minimum absolute atomic E-state index is 0.0735. The van der Waals surface area contributed by atoms with Crippen molar-refractivity contribution >= 4 is 39.1 Å². The van der Waals surface area contributed by atoms with Crippen LogP contribution in [0.1, 0.15) is 87.7 Å². The molecule has 1 amide bonds. The van der Waals surface area contributed by atoms with Crippen LogP contribution in [-0.2, 0) is 26.6 Å². The summed E-state index contributed by atoms with van der Waals surface area (Å²) in [5.41, 5.74) is 1.59. The summed E-state index contributed by atoms with van der Waals surface area (Å²) in [5, 5.41) is 12.4. The molecule has 0 radical (unpaired) electrons. The fraction of sp³-hybridized carbons (Fsp3) is 0.579. The predicted octanol–water partition coefficient (Wildman–Crippen LogP) is 6.21. The first-order valence-electron chi connectivity index (χ1n) is 17.7. The summed E-state index contributed by atoms with van der Waals surface area (Å²) in [6.07, 6.45) is 9.11. The van der Waals surface area contributed by atoms with Gasteiger partial charge in [-0.05, 0) is 119 Å². The molecule has 7 rings (SSSR count). The molecule has 1 saturated carbocycles. The molecule has 0 unspecified atom stereocenters. The lowest BCUT2D eigenvalue weighted by molar-refractivity contribution is -0.0424. The highest BCUT2D eigenvalue weighted by molar-refractivity contribution is 7.90. The number of allylic oxidation sites excluding steroid dienone is 1. The number of benzene rings is 2. The fourth-order valence-electron chi connectivity index (χ4n) is 8.56. The van der Waals surface area contributed by atoms with Gasteiger partial charge in [-0.25, -0.2) is 18.1 Å². The molecule has 2 aromatic carbocycles. The van der Waals surface area contributed by atoms with Crippen LogP contribution < -0.4 is 14.4 Å². The molecular weight excluding hydrogens is 662 g/mol. The SMILES string of the molecule is C[C@@H]1[C@@H](C)C/C=C/[C@](O)(CC2=NC(C)(C)CO2)[C@@H]2CC[C@H]2CN2C[C@@]3(CCCc4cc(Cl)ccc43)COc3ccc(cc32)C(=O)NS1(=O)=O. The van der Waals surface area contributed by atoms with Gasteiger partial charge in [-0.3, -0.25) is 4.79 Å². The molecule has 0 aromatic heterocycles. The van der Waals surface area contributed by atoms with Crippen LogP contribution in [0.3, 0.4) is 0 Å². The Morgan fingerprint density at radius 1 is 1.10 bits per heavy atom. The molecule has 3 aliphatic heterocycles. The Morgan fingerprint density at radius 3 is 2.65 bits per heavy atom. The van der Waals surface area contributed by atoms with Crippen molar-refractivity contribution in [3.63, 3.8) is 0 Å². The van der Waals surface area contributed by atoms with E-state index in [1.807, 2.05) is 39.0 Å². The smallest absolute Gasteiger partial charge is 0.264 e. The van der Waals surface area contributed by atoms with Crippen molar-refractivity contribution in [1.29, 1.82) is 0 Å². The highest BCUT2D eigenvalue weighted by Gasteiger charge is 2.49. The van der Waals surface area contributed by atoms with Crippen LogP contribution in [0.5, 0.6) is 5.75 Å². The fourth-order valence-corrected chi connectivity index (χ4v) is 10.0. The summed E-state index contributed by atoms with van der Waals surface area (Å²) < 4.78 is 41.8. The number of sulfonamides is 1. The van der Waals surface area contributed by atoms with Gasteiger partial charge in [0.25, 0.3) is 5.91 Å². The molecule has 2 aliphatic carbocycles. The number of fused-ring (bicyclic) bond motifs is 4. The van der Waals surface area contributed by atoms with Crippen molar-refractivity contribution in [3.05, 3.63) is 70.3 Å². The van der Waals surface area contributed by atoms with E-state index in [-0.39, 0.29) is 40.7 Å². The van der Waals surface area contributed by atoms with Crippen molar-refractivity contribution in [2.45, 2.75) is 94.4 Å². The van der Waals surface area contributed by atoms with Crippen LogP contribution in [0.4, 0.5) is 5.69 Å². The number of hydrogen-bond acceptors (Lipinski definition) is 8. The van der Waals surface area contributed by atoms with Gasteiger partial charge in [0.05, 0.1) is 35.1 Å². The largest absolute Gasteiger partial charge is 0.490 e. The number of hydrogen-bond donors (Lipinski definition) is 2. The predicted molar refractivity (Wildman–Crippen MR) is 192 cm³/mol. The van der Waals surface area contributed by atoms with Gasteiger partial charge in [0.15, 0.2) is 5.90 Å². The lowest BCUT2D eigenvalue weighted by Gasteiger charge is -2.49. The van der Waals surface area contributed by atoms with Crippen LogP contribution in [0.15, 0.2) is 53.5 Å². The van der Waals surface area contributed by atoms with E-state index in [0.717, 1.165) is 42.8 Å². The van der Waals surface area contributed by atoms with Crippen LogP contribution in [-0.4, -0.2) is 68.0 Å². The number of carbonyl (C=O) groups excluding carboxylic acids is 1. The van der Waals surface area contributed by atoms with Crippen molar-refractivity contribution in [1.82, 2.24) is 4.72 Å². The van der Waals surface area contributed by atoms with E-state index in [2.05, 4.69) is 21.8 Å². The van der Waals surface area contributed by atoms with E-state index >= 15 is 0 Å². The Hall–Kier alpha value is -3.08. The third-order valence-corrected chi connectivity index (χ3v) is 13.9. The monoisotopic (exact) mass is 709 g/mol. The molecule has 11 heteroatoms. The zero-order valence-electron chi connectivity index (χ0n) is 28.9. The Balaban J connectivity index is 1.31. The molecule has 2 N–H and O–H groups in total. The first-order valence-corrected chi connectivity index (χ1v) is 19.6. The lowest BCUT2D eigenvalue weighted by atomic mass is 9.63. The van der Waals surface area contributed by atoms with E-state index in [1.54, 1.807) is 25.1 Å². The van der Waals surface area contributed by atoms with E-state index < -0.39 is 26.8 Å². The van der Waals surface area contributed by atoms with Gasteiger partial charge >= 0.3 is 0 Å². The Labute approximate surface area is 295 Å². The average molecular weight is 710 g/mol. The number of amides is 1. The Bertz CT molecular complexity index is 1810. The molecular formula is C38H48ClN3O6S. The van der Waals surface area contributed by atoms with Crippen LogP contribution in [0.2, 0.25) is 5.02 Å². The van der Waals surface area contributed by atoms with E-state index in [9.17, 15) is 18.3 Å². The second kappa shape index (κ2) is 12.6. The zero-order valence-corrected chi connectivity index (χ0v) is 30.4. The summed E-state index contributed by atoms with van der Waals surface area (Å²) in [7, 11) is -4.00. The maximum Gasteiger partial charge on any atom is 0.264 e. The van der Waals surface area contributed by atoms with Crippen molar-refractivity contribution < 1.29 is 27.8 Å². The summed E-state index contributed by atoms with van der Waals surface area (Å²) in [5.74, 6) is 0.312. The molecule has 2 bridgehead atoms. The van der Waals surface area contributed by atoms with Gasteiger partial charge < -0.3 is 19.5 Å². The first kappa shape index (κ1) is 34.4. The molecule has 3 heterocycles. The first-order chi connectivity index (χ1) is 23.2. The maximum atomic E-state index is 13.5. The normalized spacial score (nSPS) is 34.2. The summed E-state index contributed by atoms with van der Waals surface area (Å²) in [4.78, 5) is 20.6. The molecule has 2 aromatic rings. The van der Waals surface area contributed by atoms with Gasteiger partial charge in [0.2, 0.25) is 10.0 Å². The molecule has 49 heavy (non-hydrogen) atoms. The average Bonchev–Trinajstić information content (AvgIpc) is 3.28.